The fourth-order valence-electron chi connectivity index (χ4n) is 3.01. The van der Waals surface area contributed by atoms with Gasteiger partial charge in [-0.1, -0.05) is 0 Å². The molecular weight excluding hydrogens is 232 g/mol. The zero-order valence-corrected chi connectivity index (χ0v) is 11.4. The van der Waals surface area contributed by atoms with Crippen LogP contribution >= 0.6 is 0 Å². The molecule has 0 aliphatic carbocycles. The molecule has 2 heterocycles. The van der Waals surface area contributed by atoms with Crippen molar-refractivity contribution >= 4 is 5.97 Å². The zero-order valence-electron chi connectivity index (χ0n) is 11.4. The molecule has 5 nitrogen and oxygen atoms in total. The predicted molar refractivity (Wildman–Crippen MR) is 68.7 cm³/mol. The van der Waals surface area contributed by atoms with E-state index in [-0.39, 0.29) is 0 Å². The standard InChI is InChI=1S/C13H24N2O3/c1-14(2)11-3-6-15(9-11)10-13(12(16)17)4-7-18-8-5-13/h11H,3-10H2,1-2H3,(H,16,17). The molecular formula is C13H24N2O3. The van der Waals surface area contributed by atoms with Crippen molar-refractivity contribution in [1.29, 1.82) is 0 Å². The van der Waals surface area contributed by atoms with Crippen molar-refractivity contribution in [2.75, 3.05) is 46.9 Å². The smallest absolute Gasteiger partial charge is 0.311 e. The van der Waals surface area contributed by atoms with Gasteiger partial charge < -0.3 is 19.6 Å². The largest absolute Gasteiger partial charge is 0.481 e. The Bertz CT molecular complexity index is 301. The molecule has 5 heteroatoms. The van der Waals surface area contributed by atoms with Gasteiger partial charge in [0.05, 0.1) is 5.41 Å². The maximum atomic E-state index is 11.6. The third-order valence-corrected chi connectivity index (χ3v) is 4.41. The van der Waals surface area contributed by atoms with E-state index in [1.807, 2.05) is 0 Å². The van der Waals surface area contributed by atoms with Gasteiger partial charge in [0.25, 0.3) is 0 Å². The lowest BCUT2D eigenvalue weighted by Crippen LogP contribution is -2.46. The van der Waals surface area contributed by atoms with Gasteiger partial charge in [0, 0.05) is 32.3 Å². The number of carboxylic acids is 1. The average Bonchev–Trinajstić information content (AvgIpc) is 2.78. The van der Waals surface area contributed by atoms with E-state index in [2.05, 4.69) is 23.9 Å². The van der Waals surface area contributed by atoms with Crippen LogP contribution < -0.4 is 0 Å². The fraction of sp³-hybridized carbons (Fsp3) is 0.923. The van der Waals surface area contributed by atoms with Crippen LogP contribution in [0.4, 0.5) is 0 Å². The molecule has 0 aromatic carbocycles. The zero-order chi connectivity index (χ0) is 13.2. The van der Waals surface area contributed by atoms with Gasteiger partial charge in [0.1, 0.15) is 0 Å². The number of likely N-dealkylation sites (tertiary alicyclic amines) is 1. The van der Waals surface area contributed by atoms with Crippen LogP contribution in [-0.2, 0) is 9.53 Å². The molecule has 2 aliphatic rings. The maximum Gasteiger partial charge on any atom is 0.311 e. The Hall–Kier alpha value is -0.650. The third kappa shape index (κ3) is 2.84. The summed E-state index contributed by atoms with van der Waals surface area (Å²) in [5, 5.41) is 9.53. The average molecular weight is 256 g/mol. The van der Waals surface area contributed by atoms with Crippen molar-refractivity contribution in [3.8, 4) is 0 Å². The van der Waals surface area contributed by atoms with E-state index in [0.29, 0.717) is 38.6 Å². The first-order valence-electron chi connectivity index (χ1n) is 6.73. The molecule has 18 heavy (non-hydrogen) atoms. The van der Waals surface area contributed by atoms with Crippen LogP contribution in [0.3, 0.4) is 0 Å². The molecule has 0 radical (unpaired) electrons. The van der Waals surface area contributed by atoms with Crippen molar-refractivity contribution in [3.63, 3.8) is 0 Å². The van der Waals surface area contributed by atoms with Gasteiger partial charge in [-0.05, 0) is 39.9 Å². The van der Waals surface area contributed by atoms with E-state index >= 15 is 0 Å². The number of ether oxygens (including phenoxy) is 1. The Balaban J connectivity index is 1.96. The molecule has 2 rings (SSSR count). The topological polar surface area (TPSA) is 53.0 Å². The van der Waals surface area contributed by atoms with Gasteiger partial charge in [0.2, 0.25) is 0 Å². The molecule has 104 valence electrons. The molecule has 1 unspecified atom stereocenters. The lowest BCUT2D eigenvalue weighted by molar-refractivity contribution is -0.156. The molecule has 2 saturated heterocycles. The molecule has 2 fully saturated rings. The fourth-order valence-corrected chi connectivity index (χ4v) is 3.01. The lowest BCUT2D eigenvalue weighted by atomic mass is 9.80. The van der Waals surface area contributed by atoms with Crippen LogP contribution in [-0.4, -0.2) is 73.9 Å². The summed E-state index contributed by atoms with van der Waals surface area (Å²) in [4.78, 5) is 16.1. The minimum atomic E-state index is -0.654. The Morgan fingerprint density at radius 1 is 1.44 bits per heavy atom. The summed E-state index contributed by atoms with van der Waals surface area (Å²) in [6, 6.07) is 0.565. The van der Waals surface area contributed by atoms with Crippen LogP contribution in [0.2, 0.25) is 0 Å². The van der Waals surface area contributed by atoms with Crippen LogP contribution in [0.1, 0.15) is 19.3 Å². The Labute approximate surface area is 109 Å². The number of hydrogen-bond donors (Lipinski definition) is 1. The Morgan fingerprint density at radius 3 is 2.61 bits per heavy atom. The van der Waals surface area contributed by atoms with Gasteiger partial charge in [-0.15, -0.1) is 0 Å². The molecule has 0 aromatic rings. The summed E-state index contributed by atoms with van der Waals surface area (Å²) >= 11 is 0. The normalized spacial score (nSPS) is 28.7. The number of carbonyl (C=O) groups is 1. The summed E-state index contributed by atoms with van der Waals surface area (Å²) in [6.45, 7) is 3.84. The molecule has 1 atom stereocenters. The highest BCUT2D eigenvalue weighted by Gasteiger charge is 2.42. The first kappa shape index (κ1) is 13.8. The van der Waals surface area contributed by atoms with Crippen LogP contribution in [0.5, 0.6) is 0 Å². The summed E-state index contributed by atoms with van der Waals surface area (Å²) in [5.74, 6) is -0.654. The SMILES string of the molecule is CN(C)C1CCN(CC2(C(=O)O)CCOCC2)C1. The number of hydrogen-bond acceptors (Lipinski definition) is 4. The molecule has 0 aromatic heterocycles. The number of carboxylic acid groups (broad SMARTS) is 1. The number of nitrogens with zero attached hydrogens (tertiary/aromatic N) is 2. The van der Waals surface area contributed by atoms with Crippen molar-refractivity contribution in [2.24, 2.45) is 5.41 Å². The van der Waals surface area contributed by atoms with Crippen molar-refractivity contribution in [1.82, 2.24) is 9.80 Å². The van der Waals surface area contributed by atoms with E-state index in [1.54, 1.807) is 0 Å². The third-order valence-electron chi connectivity index (χ3n) is 4.41. The van der Waals surface area contributed by atoms with E-state index in [1.165, 1.54) is 0 Å². The summed E-state index contributed by atoms with van der Waals surface area (Å²) < 4.78 is 5.31. The highest BCUT2D eigenvalue weighted by molar-refractivity contribution is 5.75. The number of likely N-dealkylation sites (N-methyl/N-ethyl adjacent to an activating group) is 1. The molecule has 1 N–H and O–H groups in total. The highest BCUT2D eigenvalue weighted by Crippen LogP contribution is 2.33. The van der Waals surface area contributed by atoms with E-state index in [9.17, 15) is 9.90 Å². The number of aliphatic carboxylic acids is 1. The summed E-state index contributed by atoms with van der Waals surface area (Å²) in [6.07, 6.45) is 2.43. The van der Waals surface area contributed by atoms with Crippen LogP contribution in [0.25, 0.3) is 0 Å². The highest BCUT2D eigenvalue weighted by atomic mass is 16.5. The van der Waals surface area contributed by atoms with E-state index in [0.717, 1.165) is 19.5 Å². The second-order valence-electron chi connectivity index (χ2n) is 5.84. The van der Waals surface area contributed by atoms with Crippen molar-refractivity contribution in [2.45, 2.75) is 25.3 Å². The second-order valence-corrected chi connectivity index (χ2v) is 5.84. The van der Waals surface area contributed by atoms with Gasteiger partial charge in [-0.2, -0.15) is 0 Å². The monoisotopic (exact) mass is 256 g/mol. The predicted octanol–water partition coefficient (Wildman–Crippen LogP) is 0.504. The maximum absolute atomic E-state index is 11.6. The van der Waals surface area contributed by atoms with Gasteiger partial charge in [-0.25, -0.2) is 0 Å². The second kappa shape index (κ2) is 5.55. The molecule has 0 bridgehead atoms. The van der Waals surface area contributed by atoms with Crippen molar-refractivity contribution < 1.29 is 14.6 Å². The van der Waals surface area contributed by atoms with E-state index < -0.39 is 11.4 Å². The summed E-state index contributed by atoms with van der Waals surface area (Å²) in [7, 11) is 4.19. The lowest BCUT2D eigenvalue weighted by Gasteiger charge is -2.36. The molecule has 2 aliphatic heterocycles. The minimum absolute atomic E-state index is 0.565. The first-order valence-corrected chi connectivity index (χ1v) is 6.73. The Morgan fingerprint density at radius 2 is 2.11 bits per heavy atom. The van der Waals surface area contributed by atoms with E-state index in [4.69, 9.17) is 4.74 Å². The quantitative estimate of drug-likeness (QED) is 0.794. The molecule has 0 spiro atoms. The summed E-state index contributed by atoms with van der Waals surface area (Å²) in [5.41, 5.74) is -0.584. The molecule has 0 saturated carbocycles. The first-order chi connectivity index (χ1) is 8.53. The van der Waals surface area contributed by atoms with Crippen LogP contribution in [0, 0.1) is 5.41 Å². The molecule has 0 amide bonds. The van der Waals surface area contributed by atoms with Gasteiger partial charge in [-0.3, -0.25) is 4.79 Å². The van der Waals surface area contributed by atoms with Crippen LogP contribution in [0.15, 0.2) is 0 Å². The van der Waals surface area contributed by atoms with Gasteiger partial charge >= 0.3 is 5.97 Å². The Kier molecular flexibility index (Phi) is 4.25. The van der Waals surface area contributed by atoms with Crippen molar-refractivity contribution in [3.05, 3.63) is 0 Å². The number of rotatable bonds is 4. The van der Waals surface area contributed by atoms with Gasteiger partial charge in [0.15, 0.2) is 0 Å². The minimum Gasteiger partial charge on any atom is -0.481 e.